The van der Waals surface area contributed by atoms with Gasteiger partial charge in [0.1, 0.15) is 5.82 Å². The van der Waals surface area contributed by atoms with Gasteiger partial charge in [0.25, 0.3) is 0 Å². The fraction of sp³-hybridized carbons (Fsp3) is 0.636. The molecule has 1 heterocycles. The van der Waals surface area contributed by atoms with Gasteiger partial charge in [-0.05, 0) is 18.8 Å². The monoisotopic (exact) mass is 239 g/mol. The van der Waals surface area contributed by atoms with Crippen molar-refractivity contribution in [3.8, 4) is 0 Å². The molecule has 1 aromatic heterocycles. The first-order valence-electron chi connectivity index (χ1n) is 5.69. The molecule has 0 unspecified atom stereocenters. The number of hydrogen-bond donors (Lipinski definition) is 1. The van der Waals surface area contributed by atoms with Gasteiger partial charge in [-0.3, -0.25) is 0 Å². The summed E-state index contributed by atoms with van der Waals surface area (Å²) in [6.45, 7) is 2.00. The van der Waals surface area contributed by atoms with Crippen LogP contribution in [-0.4, -0.2) is 35.8 Å². The lowest BCUT2D eigenvalue weighted by atomic mass is 10.4. The molecule has 2 rings (SSSR count). The minimum atomic E-state index is -0.514. The van der Waals surface area contributed by atoms with Crippen LogP contribution >= 0.6 is 0 Å². The van der Waals surface area contributed by atoms with E-state index >= 15 is 0 Å². The molecule has 1 aromatic rings. The standard InChI is InChI=1S/C11H17N3O3/c1-16-11(15)9-10(12)14(7-13-9)4-5-17-6-8-2-3-8/h7-8H,2-6,12H2,1H3. The molecule has 1 aliphatic rings. The fourth-order valence-electron chi connectivity index (χ4n) is 1.52. The molecule has 1 fully saturated rings. The van der Waals surface area contributed by atoms with Crippen LogP contribution in [0.2, 0.25) is 0 Å². The Hall–Kier alpha value is -1.56. The average molecular weight is 239 g/mol. The molecule has 0 radical (unpaired) electrons. The molecule has 1 saturated carbocycles. The molecule has 0 bridgehead atoms. The number of rotatable bonds is 6. The molecule has 1 aliphatic carbocycles. The predicted octanol–water partition coefficient (Wildman–Crippen LogP) is 0.679. The van der Waals surface area contributed by atoms with Crippen molar-refractivity contribution in [3.05, 3.63) is 12.0 Å². The van der Waals surface area contributed by atoms with E-state index in [1.807, 2.05) is 0 Å². The second-order valence-corrected chi connectivity index (χ2v) is 4.18. The molecule has 94 valence electrons. The van der Waals surface area contributed by atoms with E-state index in [1.165, 1.54) is 26.3 Å². The van der Waals surface area contributed by atoms with Crippen LogP contribution in [0.5, 0.6) is 0 Å². The van der Waals surface area contributed by atoms with Crippen LogP contribution in [0.1, 0.15) is 23.3 Å². The molecular weight excluding hydrogens is 222 g/mol. The van der Waals surface area contributed by atoms with Crippen molar-refractivity contribution in [2.75, 3.05) is 26.1 Å². The Labute approximate surface area is 99.7 Å². The summed E-state index contributed by atoms with van der Waals surface area (Å²) in [7, 11) is 1.31. The number of ether oxygens (including phenoxy) is 2. The van der Waals surface area contributed by atoms with Gasteiger partial charge in [0.05, 0.1) is 20.0 Å². The van der Waals surface area contributed by atoms with Gasteiger partial charge in [0, 0.05) is 13.2 Å². The van der Waals surface area contributed by atoms with Crippen LogP contribution in [0, 0.1) is 5.92 Å². The second-order valence-electron chi connectivity index (χ2n) is 4.18. The van der Waals surface area contributed by atoms with Crippen LogP contribution in [0.3, 0.4) is 0 Å². The number of aromatic nitrogens is 2. The molecular formula is C11H17N3O3. The van der Waals surface area contributed by atoms with Crippen LogP contribution in [-0.2, 0) is 16.0 Å². The van der Waals surface area contributed by atoms with Gasteiger partial charge in [-0.25, -0.2) is 9.78 Å². The molecule has 6 nitrogen and oxygen atoms in total. The molecule has 6 heteroatoms. The zero-order valence-corrected chi connectivity index (χ0v) is 9.89. The summed E-state index contributed by atoms with van der Waals surface area (Å²) in [5, 5.41) is 0. The number of esters is 1. The van der Waals surface area contributed by atoms with E-state index in [0.717, 1.165) is 12.5 Å². The van der Waals surface area contributed by atoms with E-state index in [-0.39, 0.29) is 5.69 Å². The normalized spacial score (nSPS) is 14.9. The fourth-order valence-corrected chi connectivity index (χ4v) is 1.52. The molecule has 0 saturated heterocycles. The van der Waals surface area contributed by atoms with Crippen LogP contribution < -0.4 is 5.73 Å². The number of carbonyl (C=O) groups excluding carboxylic acids is 1. The van der Waals surface area contributed by atoms with Gasteiger partial charge in [-0.15, -0.1) is 0 Å². The minimum absolute atomic E-state index is 0.162. The SMILES string of the molecule is COC(=O)c1ncn(CCOCC2CC2)c1N. The van der Waals surface area contributed by atoms with E-state index in [1.54, 1.807) is 4.57 Å². The first-order chi connectivity index (χ1) is 8.22. The second kappa shape index (κ2) is 5.18. The van der Waals surface area contributed by atoms with Crippen molar-refractivity contribution in [2.45, 2.75) is 19.4 Å². The third-order valence-electron chi connectivity index (χ3n) is 2.78. The summed E-state index contributed by atoms with van der Waals surface area (Å²) in [5.74, 6) is 0.563. The Morgan fingerprint density at radius 2 is 2.41 bits per heavy atom. The van der Waals surface area contributed by atoms with Crippen LogP contribution in [0.4, 0.5) is 5.82 Å². The Kier molecular flexibility index (Phi) is 3.63. The maximum atomic E-state index is 11.3. The van der Waals surface area contributed by atoms with Crippen molar-refractivity contribution < 1.29 is 14.3 Å². The van der Waals surface area contributed by atoms with Crippen molar-refractivity contribution in [3.63, 3.8) is 0 Å². The van der Waals surface area contributed by atoms with E-state index < -0.39 is 5.97 Å². The first kappa shape index (κ1) is 11.9. The van der Waals surface area contributed by atoms with Crippen molar-refractivity contribution >= 4 is 11.8 Å². The summed E-state index contributed by atoms with van der Waals surface area (Å²) in [6.07, 6.45) is 4.08. The molecule has 0 atom stereocenters. The van der Waals surface area contributed by atoms with E-state index in [0.29, 0.717) is 19.0 Å². The lowest BCUT2D eigenvalue weighted by Gasteiger charge is -2.06. The van der Waals surface area contributed by atoms with Gasteiger partial charge in [0.15, 0.2) is 5.69 Å². The number of imidazole rings is 1. The van der Waals surface area contributed by atoms with E-state index in [2.05, 4.69) is 9.72 Å². The summed E-state index contributed by atoms with van der Waals surface area (Å²) in [5.41, 5.74) is 5.94. The van der Waals surface area contributed by atoms with Crippen LogP contribution in [0.25, 0.3) is 0 Å². The number of methoxy groups -OCH3 is 1. The summed E-state index contributed by atoms with van der Waals surface area (Å²) < 4.78 is 11.8. The summed E-state index contributed by atoms with van der Waals surface area (Å²) >= 11 is 0. The van der Waals surface area contributed by atoms with Gasteiger partial charge in [-0.1, -0.05) is 0 Å². The highest BCUT2D eigenvalue weighted by Crippen LogP contribution is 2.28. The average Bonchev–Trinajstić information content (AvgIpc) is 3.09. The largest absolute Gasteiger partial charge is 0.464 e. The van der Waals surface area contributed by atoms with Gasteiger partial charge in [-0.2, -0.15) is 0 Å². The number of hydrogen-bond acceptors (Lipinski definition) is 5. The zero-order valence-electron chi connectivity index (χ0n) is 9.89. The third-order valence-corrected chi connectivity index (χ3v) is 2.78. The number of nitrogens with two attached hydrogens (primary N) is 1. The smallest absolute Gasteiger partial charge is 0.360 e. The van der Waals surface area contributed by atoms with Crippen LogP contribution in [0.15, 0.2) is 6.33 Å². The molecule has 2 N–H and O–H groups in total. The lowest BCUT2D eigenvalue weighted by Crippen LogP contribution is -2.11. The van der Waals surface area contributed by atoms with Gasteiger partial charge in [0.2, 0.25) is 0 Å². The predicted molar refractivity (Wildman–Crippen MR) is 61.5 cm³/mol. The van der Waals surface area contributed by atoms with E-state index in [4.69, 9.17) is 10.5 Å². The number of carbonyl (C=O) groups is 1. The molecule has 0 aliphatic heterocycles. The highest BCUT2D eigenvalue weighted by atomic mass is 16.5. The molecule has 0 aromatic carbocycles. The topological polar surface area (TPSA) is 79.4 Å². The van der Waals surface area contributed by atoms with E-state index in [9.17, 15) is 4.79 Å². The molecule has 0 amide bonds. The summed E-state index contributed by atoms with van der Waals surface area (Å²) in [4.78, 5) is 15.2. The number of anilines is 1. The molecule has 0 spiro atoms. The Morgan fingerprint density at radius 1 is 1.65 bits per heavy atom. The first-order valence-corrected chi connectivity index (χ1v) is 5.69. The van der Waals surface area contributed by atoms with Crippen molar-refractivity contribution in [1.82, 2.24) is 9.55 Å². The Morgan fingerprint density at radius 3 is 3.06 bits per heavy atom. The van der Waals surface area contributed by atoms with Gasteiger partial charge < -0.3 is 19.8 Å². The molecule has 17 heavy (non-hydrogen) atoms. The highest BCUT2D eigenvalue weighted by molar-refractivity contribution is 5.91. The maximum Gasteiger partial charge on any atom is 0.360 e. The van der Waals surface area contributed by atoms with Crippen molar-refractivity contribution in [2.24, 2.45) is 5.92 Å². The quantitative estimate of drug-likeness (QED) is 0.583. The zero-order chi connectivity index (χ0) is 12.3. The van der Waals surface area contributed by atoms with Gasteiger partial charge >= 0.3 is 5.97 Å². The Balaban J connectivity index is 1.83. The van der Waals surface area contributed by atoms with Crippen molar-refractivity contribution in [1.29, 1.82) is 0 Å². The third kappa shape index (κ3) is 2.97. The number of nitrogen functional groups attached to an aromatic ring is 1. The Bertz CT molecular complexity index is 399. The summed E-state index contributed by atoms with van der Waals surface area (Å²) in [6, 6.07) is 0. The maximum absolute atomic E-state index is 11.3. The number of nitrogens with zero attached hydrogens (tertiary/aromatic N) is 2. The lowest BCUT2D eigenvalue weighted by molar-refractivity contribution is 0.0595. The minimum Gasteiger partial charge on any atom is -0.464 e. The highest BCUT2D eigenvalue weighted by Gasteiger charge is 2.21.